The Kier molecular flexibility index (Phi) is 5.55. The van der Waals surface area contributed by atoms with Crippen LogP contribution in [0.5, 0.6) is 0 Å². The Labute approximate surface area is 118 Å². The summed E-state index contributed by atoms with van der Waals surface area (Å²) in [6.07, 6.45) is 3.85. The lowest BCUT2D eigenvalue weighted by molar-refractivity contribution is -0.149. The number of aliphatic carboxylic acids is 1. The van der Waals surface area contributed by atoms with Gasteiger partial charge in [0.1, 0.15) is 11.5 Å². The highest BCUT2D eigenvalue weighted by Gasteiger charge is 2.34. The van der Waals surface area contributed by atoms with E-state index < -0.39 is 11.4 Å². The zero-order valence-corrected chi connectivity index (χ0v) is 12.1. The highest BCUT2D eigenvalue weighted by Crippen LogP contribution is 2.25. The van der Waals surface area contributed by atoms with Gasteiger partial charge in [-0.3, -0.25) is 9.59 Å². The van der Waals surface area contributed by atoms with E-state index in [1.54, 1.807) is 18.2 Å². The van der Waals surface area contributed by atoms with Crippen LogP contribution in [-0.2, 0) is 9.59 Å². The van der Waals surface area contributed by atoms with Gasteiger partial charge in [-0.15, -0.1) is 0 Å². The molecule has 1 amide bonds. The molecule has 1 aromatic heterocycles. The van der Waals surface area contributed by atoms with Crippen LogP contribution in [0.25, 0.3) is 6.08 Å². The Morgan fingerprint density at radius 1 is 1.35 bits per heavy atom. The largest absolute Gasteiger partial charge is 0.481 e. The molecule has 1 heterocycles. The maximum absolute atomic E-state index is 11.7. The third-order valence-electron chi connectivity index (χ3n) is 3.57. The fourth-order valence-electron chi connectivity index (χ4n) is 1.89. The Morgan fingerprint density at radius 3 is 2.45 bits per heavy atom. The van der Waals surface area contributed by atoms with Crippen molar-refractivity contribution in [1.82, 2.24) is 5.32 Å². The Morgan fingerprint density at radius 2 is 2.00 bits per heavy atom. The summed E-state index contributed by atoms with van der Waals surface area (Å²) < 4.78 is 5.30. The van der Waals surface area contributed by atoms with E-state index in [4.69, 9.17) is 4.42 Å². The second kappa shape index (κ2) is 6.93. The molecule has 1 rings (SSSR count). The van der Waals surface area contributed by atoms with Crippen molar-refractivity contribution in [2.24, 2.45) is 5.41 Å². The van der Waals surface area contributed by atoms with Crippen LogP contribution in [0.1, 0.15) is 38.2 Å². The lowest BCUT2D eigenvalue weighted by Gasteiger charge is -2.26. The van der Waals surface area contributed by atoms with Crippen molar-refractivity contribution in [2.75, 3.05) is 6.54 Å². The summed E-state index contributed by atoms with van der Waals surface area (Å²) in [6, 6.07) is 3.57. The first kappa shape index (κ1) is 16.0. The summed E-state index contributed by atoms with van der Waals surface area (Å²) in [4.78, 5) is 23.0. The second-order valence-corrected chi connectivity index (χ2v) is 4.79. The SMILES string of the molecule is CCC(CC)(CNC(=O)/C=C/c1ccc(C)o1)C(=O)O. The summed E-state index contributed by atoms with van der Waals surface area (Å²) in [6.45, 7) is 5.56. The van der Waals surface area contributed by atoms with E-state index in [0.717, 1.165) is 5.76 Å². The predicted octanol–water partition coefficient (Wildman–Crippen LogP) is 2.61. The highest BCUT2D eigenvalue weighted by molar-refractivity contribution is 5.91. The van der Waals surface area contributed by atoms with Gasteiger partial charge in [0.05, 0.1) is 5.41 Å². The first-order valence-electron chi connectivity index (χ1n) is 6.69. The molecule has 1 aromatic rings. The van der Waals surface area contributed by atoms with Gasteiger partial charge in [-0.05, 0) is 38.0 Å². The van der Waals surface area contributed by atoms with Gasteiger partial charge in [0, 0.05) is 12.6 Å². The van der Waals surface area contributed by atoms with Crippen LogP contribution < -0.4 is 5.32 Å². The van der Waals surface area contributed by atoms with Gasteiger partial charge in [-0.1, -0.05) is 13.8 Å². The standard InChI is InChI=1S/C15H21NO4/c1-4-15(5-2,14(18)19)10-16-13(17)9-8-12-7-6-11(3)20-12/h6-9H,4-5,10H2,1-3H3,(H,16,17)(H,18,19)/b9-8+. The number of carbonyl (C=O) groups is 2. The average molecular weight is 279 g/mol. The Hall–Kier alpha value is -2.04. The maximum atomic E-state index is 11.7. The van der Waals surface area contributed by atoms with E-state index in [1.165, 1.54) is 6.08 Å². The minimum absolute atomic E-state index is 0.121. The van der Waals surface area contributed by atoms with Crippen LogP contribution in [0.3, 0.4) is 0 Å². The normalized spacial score (nSPS) is 11.8. The minimum Gasteiger partial charge on any atom is -0.481 e. The maximum Gasteiger partial charge on any atom is 0.311 e. The molecule has 0 atom stereocenters. The van der Waals surface area contributed by atoms with Gasteiger partial charge >= 0.3 is 5.97 Å². The fraction of sp³-hybridized carbons (Fsp3) is 0.467. The van der Waals surface area contributed by atoms with Gasteiger partial charge in [0.2, 0.25) is 5.91 Å². The second-order valence-electron chi connectivity index (χ2n) is 4.79. The molecule has 0 aliphatic heterocycles. The van der Waals surface area contributed by atoms with E-state index in [1.807, 2.05) is 20.8 Å². The molecule has 110 valence electrons. The van der Waals surface area contributed by atoms with Gasteiger partial charge in [0.15, 0.2) is 0 Å². The number of rotatable bonds is 7. The molecule has 0 radical (unpaired) electrons. The monoisotopic (exact) mass is 279 g/mol. The molecule has 0 aliphatic rings. The van der Waals surface area contributed by atoms with Gasteiger partial charge in [0.25, 0.3) is 0 Å². The van der Waals surface area contributed by atoms with E-state index in [-0.39, 0.29) is 12.5 Å². The van der Waals surface area contributed by atoms with Crippen molar-refractivity contribution in [1.29, 1.82) is 0 Å². The molecule has 0 spiro atoms. The van der Waals surface area contributed by atoms with E-state index in [0.29, 0.717) is 18.6 Å². The molecule has 2 N–H and O–H groups in total. The number of hydrogen-bond acceptors (Lipinski definition) is 3. The molecule has 5 heteroatoms. The molecule has 0 saturated heterocycles. The lowest BCUT2D eigenvalue weighted by atomic mass is 9.82. The molecule has 20 heavy (non-hydrogen) atoms. The number of hydrogen-bond donors (Lipinski definition) is 2. The zero-order chi connectivity index (χ0) is 15.2. The van der Waals surface area contributed by atoms with Crippen molar-refractivity contribution in [3.63, 3.8) is 0 Å². The molecule has 0 unspecified atom stereocenters. The van der Waals surface area contributed by atoms with Crippen LogP contribution in [0, 0.1) is 12.3 Å². The van der Waals surface area contributed by atoms with Crippen LogP contribution in [0.2, 0.25) is 0 Å². The minimum atomic E-state index is -0.898. The summed E-state index contributed by atoms with van der Waals surface area (Å²) in [7, 11) is 0. The summed E-state index contributed by atoms with van der Waals surface area (Å²) in [5.41, 5.74) is -0.898. The molecule has 0 bridgehead atoms. The predicted molar refractivity (Wildman–Crippen MR) is 76.1 cm³/mol. The number of amides is 1. The van der Waals surface area contributed by atoms with Crippen molar-refractivity contribution >= 4 is 18.0 Å². The highest BCUT2D eigenvalue weighted by atomic mass is 16.4. The van der Waals surface area contributed by atoms with E-state index in [9.17, 15) is 14.7 Å². The Balaban J connectivity index is 2.58. The molecule has 0 fully saturated rings. The summed E-state index contributed by atoms with van der Waals surface area (Å²) >= 11 is 0. The fourth-order valence-corrected chi connectivity index (χ4v) is 1.89. The summed E-state index contributed by atoms with van der Waals surface area (Å²) in [5.74, 6) is 0.153. The molecule has 0 aromatic carbocycles. The van der Waals surface area contributed by atoms with E-state index in [2.05, 4.69) is 5.32 Å². The van der Waals surface area contributed by atoms with E-state index >= 15 is 0 Å². The number of carbonyl (C=O) groups excluding carboxylic acids is 1. The zero-order valence-electron chi connectivity index (χ0n) is 12.1. The quantitative estimate of drug-likeness (QED) is 0.752. The smallest absolute Gasteiger partial charge is 0.311 e. The number of carboxylic acid groups (broad SMARTS) is 1. The molecule has 5 nitrogen and oxygen atoms in total. The van der Waals surface area contributed by atoms with Gasteiger partial charge in [-0.2, -0.15) is 0 Å². The number of furan rings is 1. The number of aryl methyl sites for hydroxylation is 1. The lowest BCUT2D eigenvalue weighted by Crippen LogP contribution is -2.41. The van der Waals surface area contributed by atoms with Crippen molar-refractivity contribution < 1.29 is 19.1 Å². The molecular formula is C15H21NO4. The molecule has 0 aliphatic carbocycles. The first-order valence-corrected chi connectivity index (χ1v) is 6.69. The van der Waals surface area contributed by atoms with Gasteiger partial charge in [-0.25, -0.2) is 0 Å². The van der Waals surface area contributed by atoms with Gasteiger partial charge < -0.3 is 14.8 Å². The number of nitrogens with one attached hydrogen (secondary N) is 1. The third-order valence-corrected chi connectivity index (χ3v) is 3.57. The van der Waals surface area contributed by atoms with Crippen LogP contribution >= 0.6 is 0 Å². The third kappa shape index (κ3) is 3.98. The van der Waals surface area contributed by atoms with Crippen molar-refractivity contribution in [2.45, 2.75) is 33.6 Å². The molecular weight excluding hydrogens is 258 g/mol. The van der Waals surface area contributed by atoms with Crippen molar-refractivity contribution in [3.8, 4) is 0 Å². The van der Waals surface area contributed by atoms with Crippen LogP contribution in [0.4, 0.5) is 0 Å². The average Bonchev–Trinajstić information content (AvgIpc) is 2.83. The summed E-state index contributed by atoms with van der Waals surface area (Å²) in [5, 5.41) is 11.9. The Bertz CT molecular complexity index is 498. The van der Waals surface area contributed by atoms with Crippen molar-refractivity contribution in [3.05, 3.63) is 29.7 Å². The topological polar surface area (TPSA) is 79.5 Å². The van der Waals surface area contributed by atoms with Crippen LogP contribution in [0.15, 0.2) is 22.6 Å². The van der Waals surface area contributed by atoms with Crippen LogP contribution in [-0.4, -0.2) is 23.5 Å². The molecule has 0 saturated carbocycles. The first-order chi connectivity index (χ1) is 9.43. The number of carboxylic acids is 1.